The van der Waals surface area contributed by atoms with Crippen molar-refractivity contribution in [2.24, 2.45) is 0 Å². The third-order valence-electron chi connectivity index (χ3n) is 9.61. The van der Waals surface area contributed by atoms with Gasteiger partial charge in [0.25, 0.3) is 0 Å². The molecule has 254 valence electrons. The standard InChI is InChI=1S/C47H31N7/c1-4-16-32(17-5-1)41-43(53-28-12-10-26-39(53)48-41)35-22-14-24-37(30-35)46-50-45(34-20-8-3-9-21-34)51-47(52-46)38-25-15-23-36(31-38)44-42(33-18-6-2-7-19-33)49-40-27-11-13-29-54(40)44/h1-31H. The molecule has 7 heteroatoms. The summed E-state index contributed by atoms with van der Waals surface area (Å²) in [5.41, 5.74) is 12.4. The van der Waals surface area contributed by atoms with E-state index < -0.39 is 0 Å². The highest BCUT2D eigenvalue weighted by Gasteiger charge is 2.20. The SMILES string of the molecule is c1ccc(-c2nc(-c3cccc(-c4c(-c5ccccc5)nc5ccccn45)c3)nc(-c3cccc(-c4c(-c5ccccc5)nc5ccccn45)c3)n2)cc1. The average Bonchev–Trinajstić information content (AvgIpc) is 3.84. The average molecular weight is 694 g/mol. The molecule has 5 heterocycles. The molecule has 10 aromatic rings. The van der Waals surface area contributed by atoms with Crippen LogP contribution in [0.5, 0.6) is 0 Å². The zero-order valence-electron chi connectivity index (χ0n) is 29.0. The van der Waals surface area contributed by atoms with E-state index in [9.17, 15) is 0 Å². The van der Waals surface area contributed by atoms with Crippen LogP contribution in [0.2, 0.25) is 0 Å². The largest absolute Gasteiger partial charge is 0.299 e. The number of benzene rings is 5. The second-order valence-electron chi connectivity index (χ2n) is 13.0. The van der Waals surface area contributed by atoms with E-state index in [0.717, 1.165) is 73.0 Å². The first-order valence-corrected chi connectivity index (χ1v) is 17.8. The maximum atomic E-state index is 5.16. The summed E-state index contributed by atoms with van der Waals surface area (Å²) < 4.78 is 4.29. The van der Waals surface area contributed by atoms with Gasteiger partial charge in [-0.3, -0.25) is 8.80 Å². The number of hydrogen-bond donors (Lipinski definition) is 0. The molecule has 7 nitrogen and oxygen atoms in total. The zero-order valence-corrected chi connectivity index (χ0v) is 29.0. The summed E-state index contributed by atoms with van der Waals surface area (Å²) in [4.78, 5) is 25.4. The van der Waals surface area contributed by atoms with Gasteiger partial charge in [-0.25, -0.2) is 24.9 Å². The van der Waals surface area contributed by atoms with Crippen molar-refractivity contribution in [3.63, 3.8) is 0 Å². The molecule has 0 N–H and O–H groups in total. The van der Waals surface area contributed by atoms with Crippen molar-refractivity contribution < 1.29 is 0 Å². The predicted molar refractivity (Wildman–Crippen MR) is 215 cm³/mol. The van der Waals surface area contributed by atoms with Gasteiger partial charge in [-0.1, -0.05) is 140 Å². The molecule has 5 aromatic heterocycles. The normalized spacial score (nSPS) is 11.3. The first kappa shape index (κ1) is 31.2. The van der Waals surface area contributed by atoms with Crippen molar-refractivity contribution in [1.29, 1.82) is 0 Å². The fourth-order valence-corrected chi connectivity index (χ4v) is 7.10. The third kappa shape index (κ3) is 5.61. The van der Waals surface area contributed by atoms with E-state index in [4.69, 9.17) is 24.9 Å². The predicted octanol–water partition coefficient (Wildman–Crippen LogP) is 10.8. The number of rotatable bonds is 7. The zero-order chi connectivity index (χ0) is 35.8. The number of pyridine rings is 2. The fourth-order valence-electron chi connectivity index (χ4n) is 7.10. The summed E-state index contributed by atoms with van der Waals surface area (Å²) >= 11 is 0. The molecule has 0 amide bonds. The number of imidazole rings is 2. The monoisotopic (exact) mass is 693 g/mol. The highest BCUT2D eigenvalue weighted by atomic mass is 15.0. The Morgan fingerprint density at radius 3 is 1.07 bits per heavy atom. The van der Waals surface area contributed by atoms with Crippen LogP contribution in [0.25, 0.3) is 90.5 Å². The Hall–Kier alpha value is -7.51. The molecule has 0 bridgehead atoms. The molecular weight excluding hydrogens is 663 g/mol. The lowest BCUT2D eigenvalue weighted by Crippen LogP contribution is -2.01. The van der Waals surface area contributed by atoms with Gasteiger partial charge < -0.3 is 0 Å². The van der Waals surface area contributed by atoms with Crippen LogP contribution in [0.3, 0.4) is 0 Å². The molecule has 0 aliphatic carbocycles. The quantitative estimate of drug-likeness (QED) is 0.166. The Kier molecular flexibility index (Phi) is 7.66. The van der Waals surface area contributed by atoms with Crippen molar-refractivity contribution in [3.8, 4) is 79.2 Å². The van der Waals surface area contributed by atoms with E-state index in [0.29, 0.717) is 17.5 Å². The second kappa shape index (κ2) is 13.2. The Morgan fingerprint density at radius 2 is 0.630 bits per heavy atom. The van der Waals surface area contributed by atoms with Gasteiger partial charge in [-0.2, -0.15) is 0 Å². The van der Waals surface area contributed by atoms with Crippen molar-refractivity contribution in [3.05, 3.63) is 188 Å². The summed E-state index contributed by atoms with van der Waals surface area (Å²) in [5, 5.41) is 0. The van der Waals surface area contributed by atoms with Crippen LogP contribution in [0.1, 0.15) is 0 Å². The van der Waals surface area contributed by atoms with Gasteiger partial charge in [0.2, 0.25) is 0 Å². The van der Waals surface area contributed by atoms with Crippen LogP contribution in [0.15, 0.2) is 188 Å². The van der Waals surface area contributed by atoms with Gasteiger partial charge in [0, 0.05) is 51.3 Å². The van der Waals surface area contributed by atoms with Gasteiger partial charge >= 0.3 is 0 Å². The van der Waals surface area contributed by atoms with Crippen LogP contribution in [0.4, 0.5) is 0 Å². The second-order valence-corrected chi connectivity index (χ2v) is 13.0. The first-order chi connectivity index (χ1) is 26.8. The first-order valence-electron chi connectivity index (χ1n) is 17.8. The van der Waals surface area contributed by atoms with Gasteiger partial charge in [0.05, 0.1) is 22.8 Å². The molecule has 0 unspecified atom stereocenters. The molecule has 0 atom stereocenters. The van der Waals surface area contributed by atoms with Crippen molar-refractivity contribution in [2.45, 2.75) is 0 Å². The van der Waals surface area contributed by atoms with Crippen LogP contribution in [-0.4, -0.2) is 33.7 Å². The maximum Gasteiger partial charge on any atom is 0.164 e. The van der Waals surface area contributed by atoms with Crippen molar-refractivity contribution >= 4 is 11.3 Å². The Labute approximate surface area is 311 Å². The van der Waals surface area contributed by atoms with E-state index in [2.05, 4.69) is 94.0 Å². The van der Waals surface area contributed by atoms with Crippen molar-refractivity contribution in [1.82, 2.24) is 33.7 Å². The molecule has 0 radical (unpaired) electrons. The number of nitrogens with zero attached hydrogens (tertiary/aromatic N) is 7. The smallest absolute Gasteiger partial charge is 0.164 e. The van der Waals surface area contributed by atoms with E-state index in [-0.39, 0.29) is 0 Å². The molecule has 54 heavy (non-hydrogen) atoms. The van der Waals surface area contributed by atoms with E-state index >= 15 is 0 Å². The molecule has 0 saturated carbocycles. The Balaban J connectivity index is 1.14. The highest BCUT2D eigenvalue weighted by Crippen LogP contribution is 2.37. The minimum Gasteiger partial charge on any atom is -0.299 e. The number of aromatic nitrogens is 7. The summed E-state index contributed by atoms with van der Waals surface area (Å²) in [6, 6.07) is 59.7. The summed E-state index contributed by atoms with van der Waals surface area (Å²) in [5.74, 6) is 1.77. The van der Waals surface area contributed by atoms with Gasteiger partial charge in [-0.15, -0.1) is 0 Å². The molecule has 5 aromatic carbocycles. The molecule has 0 aliphatic heterocycles. The molecule has 0 aliphatic rings. The molecule has 0 spiro atoms. The minimum absolute atomic E-state index is 0.584. The number of fused-ring (bicyclic) bond motifs is 2. The fraction of sp³-hybridized carbons (Fsp3) is 0. The lowest BCUT2D eigenvalue weighted by molar-refractivity contribution is 1.07. The third-order valence-corrected chi connectivity index (χ3v) is 9.61. The summed E-state index contributed by atoms with van der Waals surface area (Å²) in [7, 11) is 0. The van der Waals surface area contributed by atoms with Crippen LogP contribution in [0, 0.1) is 0 Å². The molecule has 10 rings (SSSR count). The summed E-state index contributed by atoms with van der Waals surface area (Å²) in [6.07, 6.45) is 4.12. The van der Waals surface area contributed by atoms with E-state index in [1.807, 2.05) is 103 Å². The topological polar surface area (TPSA) is 73.3 Å². The van der Waals surface area contributed by atoms with Gasteiger partial charge in [0.15, 0.2) is 17.5 Å². The van der Waals surface area contributed by atoms with Gasteiger partial charge in [0.1, 0.15) is 11.3 Å². The summed E-state index contributed by atoms with van der Waals surface area (Å²) in [6.45, 7) is 0. The van der Waals surface area contributed by atoms with Crippen LogP contribution >= 0.6 is 0 Å². The van der Waals surface area contributed by atoms with E-state index in [1.54, 1.807) is 0 Å². The number of hydrogen-bond acceptors (Lipinski definition) is 5. The minimum atomic E-state index is 0.584. The lowest BCUT2D eigenvalue weighted by Gasteiger charge is -2.11. The van der Waals surface area contributed by atoms with Gasteiger partial charge in [-0.05, 0) is 36.4 Å². The lowest BCUT2D eigenvalue weighted by atomic mass is 10.0. The maximum absolute atomic E-state index is 5.16. The molecule has 0 saturated heterocycles. The Morgan fingerprint density at radius 1 is 0.278 bits per heavy atom. The van der Waals surface area contributed by atoms with Crippen LogP contribution < -0.4 is 0 Å². The van der Waals surface area contributed by atoms with Crippen LogP contribution in [-0.2, 0) is 0 Å². The highest BCUT2D eigenvalue weighted by molar-refractivity contribution is 5.85. The molecular formula is C47H31N7. The molecule has 0 fully saturated rings. The van der Waals surface area contributed by atoms with E-state index in [1.165, 1.54) is 0 Å². The Bertz CT molecular complexity index is 2750. The van der Waals surface area contributed by atoms with Crippen molar-refractivity contribution in [2.75, 3.05) is 0 Å².